The molecular formula is C25H30N4O4S. The Balaban J connectivity index is 1.45. The van der Waals surface area contributed by atoms with Crippen LogP contribution in [0.15, 0.2) is 45.2 Å². The van der Waals surface area contributed by atoms with Gasteiger partial charge >= 0.3 is 0 Å². The van der Waals surface area contributed by atoms with E-state index in [1.807, 2.05) is 57.5 Å². The van der Waals surface area contributed by atoms with Crippen molar-refractivity contribution in [3.05, 3.63) is 63.2 Å². The summed E-state index contributed by atoms with van der Waals surface area (Å²) in [6, 6.07) is 8.68. The fourth-order valence-electron chi connectivity index (χ4n) is 4.56. The van der Waals surface area contributed by atoms with E-state index in [4.69, 9.17) is 4.52 Å². The average Bonchev–Trinajstić information content (AvgIpc) is 3.55. The Morgan fingerprint density at radius 1 is 1.24 bits per heavy atom. The number of hydrogen-bond donors (Lipinski definition) is 2. The first kappa shape index (κ1) is 23.9. The van der Waals surface area contributed by atoms with Gasteiger partial charge in [-0.1, -0.05) is 38.1 Å². The van der Waals surface area contributed by atoms with Crippen molar-refractivity contribution in [2.45, 2.75) is 58.5 Å². The highest BCUT2D eigenvalue weighted by Crippen LogP contribution is 2.31. The van der Waals surface area contributed by atoms with Crippen molar-refractivity contribution in [1.82, 2.24) is 20.4 Å². The maximum atomic E-state index is 13.4. The number of H-pyrrole nitrogens is 1. The summed E-state index contributed by atoms with van der Waals surface area (Å²) in [6.45, 7) is 8.24. The van der Waals surface area contributed by atoms with Crippen LogP contribution in [0.2, 0.25) is 0 Å². The van der Waals surface area contributed by atoms with E-state index in [0.29, 0.717) is 18.7 Å². The summed E-state index contributed by atoms with van der Waals surface area (Å²) >= 11 is 1.61. The maximum Gasteiger partial charge on any atom is 0.280 e. The lowest BCUT2D eigenvalue weighted by Crippen LogP contribution is -2.48. The number of hydrogen-bond acceptors (Lipinski definition) is 6. The van der Waals surface area contributed by atoms with Gasteiger partial charge in [0.25, 0.3) is 5.56 Å². The van der Waals surface area contributed by atoms with Crippen molar-refractivity contribution in [3.8, 4) is 10.4 Å². The molecule has 0 aliphatic carbocycles. The number of rotatable bonds is 7. The van der Waals surface area contributed by atoms with Crippen LogP contribution in [0.5, 0.6) is 0 Å². The quantitative estimate of drug-likeness (QED) is 0.529. The summed E-state index contributed by atoms with van der Waals surface area (Å²) in [5.74, 6) is -0.755. The summed E-state index contributed by atoms with van der Waals surface area (Å²) in [7, 11) is 0. The van der Waals surface area contributed by atoms with Gasteiger partial charge in [-0.05, 0) is 43.7 Å². The molecule has 0 spiro atoms. The summed E-state index contributed by atoms with van der Waals surface area (Å²) in [5.41, 5.74) is 4.55. The second-order valence-electron chi connectivity index (χ2n) is 9.15. The molecule has 3 atom stereocenters. The van der Waals surface area contributed by atoms with E-state index >= 15 is 0 Å². The van der Waals surface area contributed by atoms with E-state index in [0.717, 1.165) is 28.1 Å². The molecule has 1 aromatic carbocycles. The number of likely N-dealkylation sites (tertiary alicyclic amines) is 1. The SMILES string of the molecule is Cc1ncsc1-c1ccc(C(C)NC(=O)[C@@H]2CCCN2C(=O)C(c2cc(=O)[nH]o2)C(C)C)cc1. The number of nitrogens with zero attached hydrogens (tertiary/aromatic N) is 2. The van der Waals surface area contributed by atoms with E-state index < -0.39 is 12.0 Å². The lowest BCUT2D eigenvalue weighted by molar-refractivity contribution is -0.141. The number of thiazole rings is 1. The van der Waals surface area contributed by atoms with Crippen molar-refractivity contribution in [2.24, 2.45) is 5.92 Å². The number of carbonyl (C=O) groups excluding carboxylic acids is 2. The number of benzene rings is 1. The molecule has 180 valence electrons. The molecule has 8 nitrogen and oxygen atoms in total. The van der Waals surface area contributed by atoms with Crippen molar-refractivity contribution in [3.63, 3.8) is 0 Å². The standard InChI is InChI=1S/C25H30N4O4S/c1-14(2)22(20-12-21(30)28-33-20)25(32)29-11-5-6-19(29)24(31)27-15(3)17-7-9-18(10-8-17)23-16(4)26-13-34-23/h7-10,12-15,19,22H,5-6,11H2,1-4H3,(H,27,31)(H,28,30)/t15?,19-,22?/m0/s1. The Kier molecular flexibility index (Phi) is 7.02. The molecule has 0 saturated carbocycles. The normalized spacial score (nSPS) is 17.7. The molecule has 3 heterocycles. The van der Waals surface area contributed by atoms with E-state index in [-0.39, 0.29) is 29.3 Å². The first-order valence-electron chi connectivity index (χ1n) is 11.6. The zero-order valence-corrected chi connectivity index (χ0v) is 20.6. The van der Waals surface area contributed by atoms with Crippen LogP contribution in [0.25, 0.3) is 10.4 Å². The molecule has 1 saturated heterocycles. The lowest BCUT2D eigenvalue weighted by Gasteiger charge is -2.29. The number of aryl methyl sites for hydroxylation is 1. The summed E-state index contributed by atoms with van der Waals surface area (Å²) in [5, 5.41) is 5.34. The second kappa shape index (κ2) is 9.97. The number of aromatic amines is 1. The van der Waals surface area contributed by atoms with Gasteiger partial charge in [-0.3, -0.25) is 14.4 Å². The van der Waals surface area contributed by atoms with Gasteiger partial charge in [0.2, 0.25) is 11.8 Å². The van der Waals surface area contributed by atoms with Crippen molar-refractivity contribution in [1.29, 1.82) is 0 Å². The molecule has 0 radical (unpaired) electrons. The predicted octanol–water partition coefficient (Wildman–Crippen LogP) is 4.01. The third kappa shape index (κ3) is 4.84. The van der Waals surface area contributed by atoms with Crippen LogP contribution in [0.3, 0.4) is 0 Å². The van der Waals surface area contributed by atoms with E-state index in [9.17, 15) is 14.4 Å². The average molecular weight is 483 g/mol. The molecule has 2 aromatic heterocycles. The fourth-order valence-corrected chi connectivity index (χ4v) is 5.37. The zero-order valence-electron chi connectivity index (χ0n) is 19.8. The van der Waals surface area contributed by atoms with Gasteiger partial charge in [-0.15, -0.1) is 11.3 Å². The first-order chi connectivity index (χ1) is 16.3. The molecule has 3 aromatic rings. The Hall–Kier alpha value is -3.20. The van der Waals surface area contributed by atoms with Gasteiger partial charge in [-0.25, -0.2) is 4.98 Å². The Morgan fingerprint density at radius 2 is 1.97 bits per heavy atom. The van der Waals surface area contributed by atoms with E-state index in [1.54, 1.807) is 16.2 Å². The zero-order chi connectivity index (χ0) is 24.4. The maximum absolute atomic E-state index is 13.4. The Bertz CT molecular complexity index is 1210. The summed E-state index contributed by atoms with van der Waals surface area (Å²) in [4.78, 5) is 45.2. The molecule has 9 heteroatoms. The molecule has 2 amide bonds. The van der Waals surface area contributed by atoms with Gasteiger partial charge in [0.1, 0.15) is 12.0 Å². The van der Waals surface area contributed by atoms with Crippen molar-refractivity contribution >= 4 is 23.2 Å². The first-order valence-corrected chi connectivity index (χ1v) is 12.4. The van der Waals surface area contributed by atoms with Gasteiger partial charge in [0.05, 0.1) is 22.1 Å². The van der Waals surface area contributed by atoms with E-state index in [2.05, 4.69) is 15.5 Å². The number of aromatic nitrogens is 2. The minimum Gasteiger partial charge on any atom is -0.383 e. The van der Waals surface area contributed by atoms with Gasteiger partial charge in [-0.2, -0.15) is 5.16 Å². The fraction of sp³-hybridized carbons (Fsp3) is 0.440. The molecule has 4 rings (SSSR count). The molecule has 2 unspecified atom stereocenters. The molecular weight excluding hydrogens is 452 g/mol. The molecule has 34 heavy (non-hydrogen) atoms. The third-order valence-corrected chi connectivity index (χ3v) is 7.38. The van der Waals surface area contributed by atoms with Crippen LogP contribution in [0.4, 0.5) is 0 Å². The van der Waals surface area contributed by atoms with Gasteiger partial charge in [0, 0.05) is 12.6 Å². The van der Waals surface area contributed by atoms with Crippen LogP contribution >= 0.6 is 11.3 Å². The minimum absolute atomic E-state index is 0.0876. The summed E-state index contributed by atoms with van der Waals surface area (Å²) < 4.78 is 5.24. The van der Waals surface area contributed by atoms with Gasteiger partial charge in [0.15, 0.2) is 5.76 Å². The van der Waals surface area contributed by atoms with Gasteiger partial charge < -0.3 is 14.7 Å². The predicted molar refractivity (Wildman–Crippen MR) is 130 cm³/mol. The van der Waals surface area contributed by atoms with Crippen molar-refractivity contribution < 1.29 is 14.1 Å². The van der Waals surface area contributed by atoms with Crippen molar-refractivity contribution in [2.75, 3.05) is 6.54 Å². The van der Waals surface area contributed by atoms with Crippen LogP contribution < -0.4 is 10.9 Å². The molecule has 1 fully saturated rings. The van der Waals surface area contributed by atoms with Crippen LogP contribution in [0, 0.1) is 12.8 Å². The third-order valence-electron chi connectivity index (χ3n) is 6.40. The summed E-state index contributed by atoms with van der Waals surface area (Å²) in [6.07, 6.45) is 1.36. The number of nitrogens with one attached hydrogen (secondary N) is 2. The highest BCUT2D eigenvalue weighted by Gasteiger charge is 2.40. The Labute approximate surface area is 202 Å². The minimum atomic E-state index is -0.618. The molecule has 1 aliphatic heterocycles. The number of carbonyl (C=O) groups is 2. The smallest absolute Gasteiger partial charge is 0.280 e. The molecule has 2 N–H and O–H groups in total. The van der Waals surface area contributed by atoms with Crippen LogP contribution in [-0.2, 0) is 9.59 Å². The van der Waals surface area contributed by atoms with E-state index in [1.165, 1.54) is 6.07 Å². The Morgan fingerprint density at radius 3 is 2.56 bits per heavy atom. The van der Waals surface area contributed by atoms with Crippen LogP contribution in [-0.4, -0.2) is 39.4 Å². The largest absolute Gasteiger partial charge is 0.383 e. The number of amides is 2. The van der Waals surface area contributed by atoms with Crippen LogP contribution in [0.1, 0.15) is 62.6 Å². The molecule has 1 aliphatic rings. The monoisotopic (exact) mass is 482 g/mol. The molecule has 0 bridgehead atoms. The topological polar surface area (TPSA) is 108 Å². The lowest BCUT2D eigenvalue weighted by atomic mass is 9.91. The highest BCUT2D eigenvalue weighted by molar-refractivity contribution is 7.13. The highest BCUT2D eigenvalue weighted by atomic mass is 32.1. The second-order valence-corrected chi connectivity index (χ2v) is 10.0.